The quantitative estimate of drug-likeness (QED) is 0.420. The van der Waals surface area contributed by atoms with Crippen LogP contribution in [0.15, 0.2) is 0 Å². The maximum Gasteiger partial charge on any atom is 0.240 e. The van der Waals surface area contributed by atoms with Gasteiger partial charge in [0.05, 0.1) is 20.2 Å². The van der Waals surface area contributed by atoms with Crippen molar-refractivity contribution in [2.75, 3.05) is 28.2 Å². The molecule has 0 aromatic heterocycles. The average Bonchev–Trinajstić information content (AvgIpc) is 2.29. The Bertz CT molecular complexity index is 298. The molecule has 1 saturated carbocycles. The minimum atomic E-state index is -0.589. The summed E-state index contributed by atoms with van der Waals surface area (Å²) in [5, 5.41) is 20.2. The molecule has 0 spiro atoms. The topological polar surface area (TPSA) is 46.5 Å². The Labute approximate surface area is 131 Å². The van der Waals surface area contributed by atoms with Gasteiger partial charge in [0.25, 0.3) is 0 Å². The van der Waals surface area contributed by atoms with E-state index in [-0.39, 0.29) is 6.10 Å². The third kappa shape index (κ3) is 9.70. The fourth-order valence-electron chi connectivity index (χ4n) is 1.36. The zero-order valence-electron chi connectivity index (χ0n) is 12.1. The van der Waals surface area contributed by atoms with E-state index < -0.39 is 4.65 Å². The van der Waals surface area contributed by atoms with Gasteiger partial charge in [-0.2, -0.15) is 0 Å². The van der Waals surface area contributed by atoms with E-state index in [1.807, 2.05) is 14.1 Å². The van der Waals surface area contributed by atoms with E-state index in [9.17, 15) is 5.21 Å². The van der Waals surface area contributed by atoms with Crippen LogP contribution in [0.2, 0.25) is 0 Å². The molecule has 0 radical (unpaired) electrons. The molecule has 4 nitrogen and oxygen atoms in total. The van der Waals surface area contributed by atoms with Gasteiger partial charge in [-0.15, -0.1) is 0 Å². The van der Waals surface area contributed by atoms with Crippen molar-refractivity contribution in [3.63, 3.8) is 0 Å². The fraction of sp³-hybridized carbons (Fsp3) is 0.833. The number of thioether (sulfide) groups is 1. The Hall–Kier alpha value is 0.210. The van der Waals surface area contributed by atoms with Crippen molar-refractivity contribution < 1.29 is 9.75 Å². The minimum Gasteiger partial charge on any atom is -0.627 e. The molecule has 19 heavy (non-hydrogen) atoms. The van der Waals surface area contributed by atoms with E-state index >= 15 is 0 Å². The van der Waals surface area contributed by atoms with Crippen LogP contribution in [-0.2, 0) is 0 Å². The van der Waals surface area contributed by atoms with E-state index in [1.54, 1.807) is 4.90 Å². The number of thiocarbonyl (C=S) groups is 2. The Morgan fingerprint density at radius 2 is 1.68 bits per heavy atom. The van der Waals surface area contributed by atoms with Crippen molar-refractivity contribution in [3.8, 4) is 0 Å². The molecule has 0 amide bonds. The number of hydrogen-bond acceptors (Lipinski definition) is 5. The number of nitrogens with zero attached hydrogens (tertiary/aromatic N) is 2. The summed E-state index contributed by atoms with van der Waals surface area (Å²) in [5.41, 5.74) is 0. The monoisotopic (exact) mass is 324 g/mol. The number of hydrogen-bond donors (Lipinski definition) is 1. The largest absolute Gasteiger partial charge is 0.627 e. The summed E-state index contributed by atoms with van der Waals surface area (Å²) >= 11 is 11.0. The lowest BCUT2D eigenvalue weighted by atomic mass is 9.98. The lowest BCUT2D eigenvalue weighted by molar-refractivity contribution is -0.736. The predicted octanol–water partition coefficient (Wildman–Crippen LogP) is 2.74. The van der Waals surface area contributed by atoms with Crippen LogP contribution >= 0.6 is 36.2 Å². The summed E-state index contributed by atoms with van der Waals surface area (Å²) in [6.07, 6.45) is 5.92. The summed E-state index contributed by atoms with van der Waals surface area (Å²) in [6.45, 7) is 0. The van der Waals surface area contributed by atoms with E-state index in [0.717, 1.165) is 24.6 Å². The van der Waals surface area contributed by atoms with Crippen LogP contribution in [0.1, 0.15) is 32.1 Å². The van der Waals surface area contributed by atoms with Crippen LogP contribution in [0.5, 0.6) is 0 Å². The van der Waals surface area contributed by atoms with E-state index in [2.05, 4.69) is 0 Å². The molecule has 1 N–H and O–H groups in total. The van der Waals surface area contributed by atoms with Gasteiger partial charge in [0.15, 0.2) is 0 Å². The van der Waals surface area contributed by atoms with E-state index in [4.69, 9.17) is 29.5 Å². The van der Waals surface area contributed by atoms with Gasteiger partial charge >= 0.3 is 0 Å². The van der Waals surface area contributed by atoms with Gasteiger partial charge in [0.1, 0.15) is 4.32 Å². The van der Waals surface area contributed by atoms with Crippen molar-refractivity contribution in [1.82, 2.24) is 4.90 Å². The maximum atomic E-state index is 11.3. The molecule has 1 aliphatic carbocycles. The Kier molecular flexibility index (Phi) is 9.30. The normalized spacial score (nSPS) is 16.3. The Balaban J connectivity index is 0.000000388. The second-order valence-corrected chi connectivity index (χ2v) is 7.44. The van der Waals surface area contributed by atoms with Gasteiger partial charge in [-0.1, -0.05) is 31.5 Å². The number of aliphatic hydroxyl groups is 1. The smallest absolute Gasteiger partial charge is 0.240 e. The molecule has 1 rings (SSSR count). The number of quaternary nitrogens is 1. The molecule has 0 atom stereocenters. The van der Waals surface area contributed by atoms with Gasteiger partial charge in [-0.05, 0) is 25.1 Å². The number of hydroxylamine groups is 3. The van der Waals surface area contributed by atoms with Crippen LogP contribution in [0.25, 0.3) is 0 Å². The molecule has 7 heteroatoms. The Morgan fingerprint density at radius 1 is 1.21 bits per heavy atom. The summed E-state index contributed by atoms with van der Waals surface area (Å²) in [7, 11) is 6.60. The van der Waals surface area contributed by atoms with Crippen molar-refractivity contribution in [1.29, 1.82) is 0 Å². The van der Waals surface area contributed by atoms with Crippen LogP contribution in [0.4, 0.5) is 0 Å². The third-order valence-electron chi connectivity index (χ3n) is 2.55. The van der Waals surface area contributed by atoms with Crippen LogP contribution < -0.4 is 0 Å². The first-order valence-corrected chi connectivity index (χ1v) is 7.94. The fourth-order valence-corrected chi connectivity index (χ4v) is 2.54. The molecule has 0 unspecified atom stereocenters. The molecule has 0 bridgehead atoms. The predicted molar refractivity (Wildman–Crippen MR) is 91.0 cm³/mol. The molecule has 0 heterocycles. The molecular weight excluding hydrogens is 300 g/mol. The summed E-state index contributed by atoms with van der Waals surface area (Å²) in [5.74, 6) is 0. The van der Waals surface area contributed by atoms with Gasteiger partial charge in [-0.25, -0.2) is 0 Å². The highest BCUT2D eigenvalue weighted by atomic mass is 32.2. The second kappa shape index (κ2) is 9.20. The number of rotatable bonds is 0. The first kappa shape index (κ1) is 19.2. The molecule has 0 aliphatic heterocycles. The standard InChI is InChI=1S/C6H12N2OS3.C6H12O/c1-7(2)5(10)12-6(11)8(3,4)9;7-6-4-2-1-3-5-6/h1-4H3;6-7H,1-5H2. The summed E-state index contributed by atoms with van der Waals surface area (Å²) < 4.78 is 0.351. The van der Waals surface area contributed by atoms with Crippen LogP contribution in [-0.4, -0.2) is 57.6 Å². The first-order chi connectivity index (χ1) is 8.64. The zero-order valence-corrected chi connectivity index (χ0v) is 14.5. The molecule has 0 aromatic rings. The highest BCUT2D eigenvalue weighted by Crippen LogP contribution is 2.16. The molecule has 0 aromatic carbocycles. The van der Waals surface area contributed by atoms with Crippen LogP contribution in [0, 0.1) is 5.21 Å². The van der Waals surface area contributed by atoms with E-state index in [0.29, 0.717) is 8.64 Å². The van der Waals surface area contributed by atoms with Crippen molar-refractivity contribution in [2.45, 2.75) is 38.2 Å². The molecule has 0 saturated heterocycles. The van der Waals surface area contributed by atoms with Crippen LogP contribution in [0.3, 0.4) is 0 Å². The molecule has 1 aliphatic rings. The third-order valence-corrected chi connectivity index (χ3v) is 5.01. The van der Waals surface area contributed by atoms with E-state index in [1.165, 1.54) is 33.4 Å². The van der Waals surface area contributed by atoms with Crippen molar-refractivity contribution in [2.24, 2.45) is 0 Å². The van der Waals surface area contributed by atoms with Gasteiger partial charge in [0.2, 0.25) is 4.32 Å². The zero-order chi connectivity index (χ0) is 15.1. The highest BCUT2D eigenvalue weighted by Gasteiger charge is 2.15. The lowest BCUT2D eigenvalue weighted by Crippen LogP contribution is -2.37. The summed E-state index contributed by atoms with van der Waals surface area (Å²) in [4.78, 5) is 1.75. The molecule has 112 valence electrons. The lowest BCUT2D eigenvalue weighted by Gasteiger charge is -2.32. The first-order valence-electron chi connectivity index (χ1n) is 6.31. The van der Waals surface area contributed by atoms with Gasteiger partial charge in [0, 0.05) is 25.9 Å². The molecular formula is C12H24N2O2S3. The second-order valence-electron chi connectivity index (χ2n) is 5.17. The van der Waals surface area contributed by atoms with Crippen molar-refractivity contribution in [3.05, 3.63) is 5.21 Å². The summed E-state index contributed by atoms with van der Waals surface area (Å²) in [6, 6.07) is 0. The minimum absolute atomic E-state index is 0.0359. The molecule has 1 fully saturated rings. The average molecular weight is 325 g/mol. The van der Waals surface area contributed by atoms with Gasteiger partial charge in [-0.3, -0.25) is 0 Å². The maximum absolute atomic E-state index is 11.3. The highest BCUT2D eigenvalue weighted by molar-refractivity contribution is 8.37. The number of aliphatic hydroxyl groups excluding tert-OH is 1. The SMILES string of the molecule is CN(C)C(=S)SC(=S)[N+](C)(C)[O-].OC1CCCCC1. The Morgan fingerprint density at radius 3 is 1.95 bits per heavy atom. The van der Waals surface area contributed by atoms with Gasteiger partial charge < -0.3 is 19.9 Å². The van der Waals surface area contributed by atoms with Crippen molar-refractivity contribution >= 4 is 44.8 Å².